The number of halogens is 2. The summed E-state index contributed by atoms with van der Waals surface area (Å²) in [6.45, 7) is 5.91. The third-order valence-electron chi connectivity index (χ3n) is 5.05. The highest BCUT2D eigenvalue weighted by Gasteiger charge is 2.42. The quantitative estimate of drug-likeness (QED) is 0.785. The van der Waals surface area contributed by atoms with Crippen LogP contribution in [0.4, 0.5) is 13.6 Å². The molecule has 1 aromatic rings. The molecule has 8 heteroatoms. The third kappa shape index (κ3) is 4.96. The zero-order valence-corrected chi connectivity index (χ0v) is 17.6. The number of nitrogens with zero attached hydrogens (tertiary/aromatic N) is 2. The number of carbonyl (C=O) groups is 2. The zero-order chi connectivity index (χ0) is 21.1. The molecule has 2 atom stereocenters. The van der Waals surface area contributed by atoms with Crippen molar-refractivity contribution in [2.24, 2.45) is 0 Å². The molecule has 2 amide bonds. The van der Waals surface area contributed by atoms with Gasteiger partial charge in [0.1, 0.15) is 6.04 Å². The summed E-state index contributed by atoms with van der Waals surface area (Å²) in [6.07, 6.45) is 1.42. The molecule has 28 heavy (non-hydrogen) atoms. The molecule has 0 saturated carbocycles. The second kappa shape index (κ2) is 9.11. The van der Waals surface area contributed by atoms with E-state index in [1.165, 1.54) is 11.0 Å². The number of hydrogen-bond donors (Lipinski definition) is 1. The van der Waals surface area contributed by atoms with E-state index in [2.05, 4.69) is 0 Å². The van der Waals surface area contributed by atoms with Crippen molar-refractivity contribution >= 4 is 23.8 Å². The standard InChI is InChI=1S/C20H28F2N2O3S/c1-20(2,3)24(19(26)27)16-9-8-13(12-23(18(16)25)10-11-28-4)14-6-5-7-15(21)17(14)22/h5-7,13,16H,8-12H2,1-4H3,(H,26,27)/t13-,16-/m1/s1. The van der Waals surface area contributed by atoms with Gasteiger partial charge in [0.25, 0.3) is 0 Å². The molecule has 0 bridgehead atoms. The van der Waals surface area contributed by atoms with Crippen LogP contribution in [-0.2, 0) is 4.79 Å². The predicted octanol–water partition coefficient (Wildman–Crippen LogP) is 4.18. The fourth-order valence-electron chi connectivity index (χ4n) is 3.76. The maximum atomic E-state index is 14.4. The van der Waals surface area contributed by atoms with E-state index in [0.717, 1.165) is 6.07 Å². The van der Waals surface area contributed by atoms with Crippen molar-refractivity contribution in [3.8, 4) is 0 Å². The molecule has 1 fully saturated rings. The molecule has 0 aromatic heterocycles. The minimum Gasteiger partial charge on any atom is -0.465 e. The van der Waals surface area contributed by atoms with Gasteiger partial charge >= 0.3 is 6.09 Å². The fraction of sp³-hybridized carbons (Fsp3) is 0.600. The summed E-state index contributed by atoms with van der Waals surface area (Å²) in [5.41, 5.74) is -0.526. The average Bonchev–Trinajstić information content (AvgIpc) is 2.74. The van der Waals surface area contributed by atoms with Gasteiger partial charge in [-0.1, -0.05) is 12.1 Å². The van der Waals surface area contributed by atoms with E-state index in [-0.39, 0.29) is 30.4 Å². The number of carboxylic acid groups (broad SMARTS) is 1. The Morgan fingerprint density at radius 3 is 2.57 bits per heavy atom. The number of benzene rings is 1. The van der Waals surface area contributed by atoms with Gasteiger partial charge in [-0.2, -0.15) is 11.8 Å². The summed E-state index contributed by atoms with van der Waals surface area (Å²) in [4.78, 5) is 27.9. The van der Waals surface area contributed by atoms with Crippen molar-refractivity contribution < 1.29 is 23.5 Å². The highest BCUT2D eigenvalue weighted by Crippen LogP contribution is 2.33. The lowest BCUT2D eigenvalue weighted by Gasteiger charge is -2.39. The van der Waals surface area contributed by atoms with E-state index in [4.69, 9.17) is 0 Å². The number of likely N-dealkylation sites (tertiary alicyclic amines) is 1. The van der Waals surface area contributed by atoms with Gasteiger partial charge in [-0.05, 0) is 51.5 Å². The Hall–Kier alpha value is -1.83. The molecule has 1 aliphatic rings. The van der Waals surface area contributed by atoms with E-state index in [1.807, 2.05) is 6.26 Å². The van der Waals surface area contributed by atoms with Crippen molar-refractivity contribution in [2.45, 2.75) is 51.1 Å². The molecule has 1 heterocycles. The largest absolute Gasteiger partial charge is 0.465 e. The first-order valence-electron chi connectivity index (χ1n) is 9.31. The van der Waals surface area contributed by atoms with Gasteiger partial charge in [0.2, 0.25) is 5.91 Å². The Morgan fingerprint density at radius 2 is 2.00 bits per heavy atom. The Bertz CT molecular complexity index is 724. The summed E-state index contributed by atoms with van der Waals surface area (Å²) in [5.74, 6) is -1.79. The Morgan fingerprint density at radius 1 is 1.32 bits per heavy atom. The normalized spacial score (nSPS) is 20.8. The summed E-state index contributed by atoms with van der Waals surface area (Å²) < 4.78 is 28.1. The number of amides is 2. The second-order valence-corrected chi connectivity index (χ2v) is 9.02. The van der Waals surface area contributed by atoms with E-state index in [9.17, 15) is 23.5 Å². The van der Waals surface area contributed by atoms with E-state index >= 15 is 0 Å². The molecule has 156 valence electrons. The predicted molar refractivity (Wildman–Crippen MR) is 107 cm³/mol. The molecule has 2 rings (SSSR count). The first-order valence-corrected chi connectivity index (χ1v) is 10.7. The molecule has 0 spiro atoms. The summed E-state index contributed by atoms with van der Waals surface area (Å²) in [5, 5.41) is 9.74. The lowest BCUT2D eigenvalue weighted by atomic mass is 9.92. The summed E-state index contributed by atoms with van der Waals surface area (Å²) in [7, 11) is 0. The van der Waals surface area contributed by atoms with Crippen LogP contribution in [0.15, 0.2) is 18.2 Å². The maximum absolute atomic E-state index is 14.4. The SMILES string of the molecule is CSCCN1C[C@H](c2cccc(F)c2F)CC[C@@H](N(C(=O)O)C(C)(C)C)C1=O. The highest BCUT2D eigenvalue weighted by molar-refractivity contribution is 7.98. The zero-order valence-electron chi connectivity index (χ0n) is 16.7. The Kier molecular flexibility index (Phi) is 7.31. The van der Waals surface area contributed by atoms with Crippen LogP contribution in [0, 0.1) is 11.6 Å². The van der Waals surface area contributed by atoms with Crippen LogP contribution in [0.25, 0.3) is 0 Å². The van der Waals surface area contributed by atoms with Gasteiger partial charge in [-0.25, -0.2) is 13.6 Å². The molecule has 0 aliphatic carbocycles. The van der Waals surface area contributed by atoms with Crippen LogP contribution >= 0.6 is 11.8 Å². The fourth-order valence-corrected chi connectivity index (χ4v) is 4.16. The van der Waals surface area contributed by atoms with Gasteiger partial charge < -0.3 is 10.0 Å². The van der Waals surface area contributed by atoms with Gasteiger partial charge in [-0.15, -0.1) is 0 Å². The van der Waals surface area contributed by atoms with Gasteiger partial charge in [-0.3, -0.25) is 9.69 Å². The van der Waals surface area contributed by atoms with Gasteiger partial charge in [0.15, 0.2) is 11.6 Å². The van der Waals surface area contributed by atoms with Crippen LogP contribution in [0.3, 0.4) is 0 Å². The lowest BCUT2D eigenvalue weighted by Crippen LogP contribution is -2.57. The molecule has 5 nitrogen and oxygen atoms in total. The third-order valence-corrected chi connectivity index (χ3v) is 5.64. The van der Waals surface area contributed by atoms with Crippen LogP contribution in [0.2, 0.25) is 0 Å². The summed E-state index contributed by atoms with van der Waals surface area (Å²) >= 11 is 1.57. The minimum absolute atomic E-state index is 0.236. The molecular formula is C20H28F2N2O3S. The van der Waals surface area contributed by atoms with Crippen LogP contribution in [0.5, 0.6) is 0 Å². The minimum atomic E-state index is -1.16. The lowest BCUT2D eigenvalue weighted by molar-refractivity contribution is -0.137. The highest BCUT2D eigenvalue weighted by atomic mass is 32.2. The van der Waals surface area contributed by atoms with Crippen LogP contribution in [0.1, 0.15) is 45.1 Å². The number of thioether (sulfide) groups is 1. The Balaban J connectivity index is 2.41. The number of rotatable bonds is 5. The molecule has 0 unspecified atom stereocenters. The molecule has 1 saturated heterocycles. The van der Waals surface area contributed by atoms with E-state index in [0.29, 0.717) is 18.7 Å². The molecule has 1 aliphatic heterocycles. The van der Waals surface area contributed by atoms with Crippen molar-refractivity contribution in [3.63, 3.8) is 0 Å². The van der Waals surface area contributed by atoms with Crippen molar-refractivity contribution in [1.29, 1.82) is 0 Å². The summed E-state index contributed by atoms with van der Waals surface area (Å²) in [6, 6.07) is 3.23. The monoisotopic (exact) mass is 414 g/mol. The molecule has 0 radical (unpaired) electrons. The maximum Gasteiger partial charge on any atom is 0.408 e. The average molecular weight is 415 g/mol. The van der Waals surface area contributed by atoms with Crippen molar-refractivity contribution in [3.05, 3.63) is 35.4 Å². The van der Waals surface area contributed by atoms with Crippen molar-refractivity contribution in [2.75, 3.05) is 25.1 Å². The first kappa shape index (κ1) is 22.5. The first-order chi connectivity index (χ1) is 13.1. The number of hydrogen-bond acceptors (Lipinski definition) is 3. The Labute approximate surface area is 169 Å². The molecule has 1 N–H and O–H groups in total. The smallest absolute Gasteiger partial charge is 0.408 e. The van der Waals surface area contributed by atoms with Gasteiger partial charge in [0.05, 0.1) is 0 Å². The van der Waals surface area contributed by atoms with Crippen LogP contribution in [-0.4, -0.2) is 63.6 Å². The number of carbonyl (C=O) groups excluding carboxylic acids is 1. The molecular weight excluding hydrogens is 386 g/mol. The van der Waals surface area contributed by atoms with Gasteiger partial charge in [0, 0.05) is 30.3 Å². The van der Waals surface area contributed by atoms with Crippen LogP contribution < -0.4 is 0 Å². The molecule has 1 aromatic carbocycles. The van der Waals surface area contributed by atoms with E-state index in [1.54, 1.807) is 43.5 Å². The topological polar surface area (TPSA) is 60.9 Å². The second-order valence-electron chi connectivity index (χ2n) is 8.03. The van der Waals surface area contributed by atoms with E-state index < -0.39 is 29.3 Å². The van der Waals surface area contributed by atoms with Crippen molar-refractivity contribution in [1.82, 2.24) is 9.80 Å².